The summed E-state index contributed by atoms with van der Waals surface area (Å²) in [6.07, 6.45) is 1.36. The SMILES string of the molecule is Cc1cc(-c2ccc([N+](=O)[O-])cc2S(N)(=O)=O)cnn1. The number of nitrogens with zero attached hydrogens (tertiary/aromatic N) is 3. The van der Waals surface area contributed by atoms with Crippen molar-refractivity contribution in [1.82, 2.24) is 10.2 Å². The molecule has 8 nitrogen and oxygen atoms in total. The van der Waals surface area contributed by atoms with Crippen LogP contribution < -0.4 is 5.14 Å². The first-order chi connectivity index (χ1) is 9.29. The first-order valence-electron chi connectivity index (χ1n) is 5.40. The van der Waals surface area contributed by atoms with Gasteiger partial charge in [-0.1, -0.05) is 0 Å². The number of sulfonamides is 1. The largest absolute Gasteiger partial charge is 0.270 e. The Labute approximate surface area is 114 Å². The third-order valence-electron chi connectivity index (χ3n) is 2.57. The summed E-state index contributed by atoms with van der Waals surface area (Å²) in [5.41, 5.74) is 0.949. The van der Waals surface area contributed by atoms with E-state index >= 15 is 0 Å². The molecule has 0 bridgehead atoms. The van der Waals surface area contributed by atoms with Gasteiger partial charge in [-0.25, -0.2) is 13.6 Å². The molecule has 0 unspecified atom stereocenters. The minimum absolute atomic E-state index is 0.246. The number of aryl methyl sites for hydroxylation is 1. The summed E-state index contributed by atoms with van der Waals surface area (Å²) in [5.74, 6) is 0. The maximum absolute atomic E-state index is 11.6. The van der Waals surface area contributed by atoms with Crippen LogP contribution in [0.5, 0.6) is 0 Å². The molecule has 1 heterocycles. The second-order valence-electron chi connectivity index (χ2n) is 4.07. The Bertz CT molecular complexity index is 789. The molecule has 0 amide bonds. The summed E-state index contributed by atoms with van der Waals surface area (Å²) in [5, 5.41) is 23.3. The van der Waals surface area contributed by atoms with Gasteiger partial charge in [0.1, 0.15) is 0 Å². The lowest BCUT2D eigenvalue weighted by Crippen LogP contribution is -2.14. The molecule has 9 heteroatoms. The number of nitro groups is 1. The first-order valence-corrected chi connectivity index (χ1v) is 6.94. The van der Waals surface area contributed by atoms with Crippen LogP contribution in [0.3, 0.4) is 0 Å². The third-order valence-corrected chi connectivity index (χ3v) is 3.52. The van der Waals surface area contributed by atoms with Crippen molar-refractivity contribution in [1.29, 1.82) is 0 Å². The molecule has 1 aromatic heterocycles. The fourth-order valence-electron chi connectivity index (χ4n) is 1.72. The van der Waals surface area contributed by atoms with Gasteiger partial charge in [0.25, 0.3) is 5.69 Å². The van der Waals surface area contributed by atoms with Crippen LogP contribution in [-0.4, -0.2) is 23.5 Å². The van der Waals surface area contributed by atoms with Gasteiger partial charge in [0.05, 0.1) is 21.7 Å². The van der Waals surface area contributed by atoms with Crippen LogP contribution in [-0.2, 0) is 10.0 Å². The minimum atomic E-state index is -4.10. The summed E-state index contributed by atoms with van der Waals surface area (Å²) in [6.45, 7) is 1.69. The van der Waals surface area contributed by atoms with Gasteiger partial charge in [-0.3, -0.25) is 10.1 Å². The summed E-state index contributed by atoms with van der Waals surface area (Å²) in [7, 11) is -4.10. The van der Waals surface area contributed by atoms with E-state index < -0.39 is 14.9 Å². The predicted octanol–water partition coefficient (Wildman–Crippen LogP) is 1.01. The molecule has 20 heavy (non-hydrogen) atoms. The molecule has 0 saturated carbocycles. The average Bonchev–Trinajstić information content (AvgIpc) is 2.37. The molecule has 0 aliphatic carbocycles. The van der Waals surface area contributed by atoms with Gasteiger partial charge in [0.2, 0.25) is 10.0 Å². The molecular weight excluding hydrogens is 284 g/mol. The normalized spacial score (nSPS) is 11.3. The number of primary sulfonamides is 1. The Morgan fingerprint density at radius 3 is 2.55 bits per heavy atom. The van der Waals surface area contributed by atoms with Crippen LogP contribution >= 0.6 is 0 Å². The molecule has 0 aliphatic heterocycles. The Morgan fingerprint density at radius 1 is 1.30 bits per heavy atom. The van der Waals surface area contributed by atoms with Crippen molar-refractivity contribution in [2.24, 2.45) is 5.14 Å². The van der Waals surface area contributed by atoms with Gasteiger partial charge in [-0.15, -0.1) is 0 Å². The summed E-state index contributed by atoms with van der Waals surface area (Å²) < 4.78 is 23.2. The second kappa shape index (κ2) is 4.94. The number of hydrogen-bond acceptors (Lipinski definition) is 6. The van der Waals surface area contributed by atoms with Crippen LogP contribution in [0.25, 0.3) is 11.1 Å². The summed E-state index contributed by atoms with van der Waals surface area (Å²) in [4.78, 5) is 9.72. The quantitative estimate of drug-likeness (QED) is 0.664. The van der Waals surface area contributed by atoms with Crippen LogP contribution in [0.2, 0.25) is 0 Å². The lowest BCUT2D eigenvalue weighted by molar-refractivity contribution is -0.385. The molecule has 2 rings (SSSR count). The van der Waals surface area contributed by atoms with Gasteiger partial charge in [0.15, 0.2) is 0 Å². The highest BCUT2D eigenvalue weighted by Gasteiger charge is 2.20. The van der Waals surface area contributed by atoms with Crippen molar-refractivity contribution in [2.45, 2.75) is 11.8 Å². The van der Waals surface area contributed by atoms with Gasteiger partial charge in [-0.05, 0) is 19.1 Å². The Hall–Kier alpha value is -2.39. The number of benzene rings is 1. The van der Waals surface area contributed by atoms with E-state index in [0.717, 1.165) is 6.07 Å². The Kier molecular flexibility index (Phi) is 3.47. The third kappa shape index (κ3) is 2.78. The molecule has 0 saturated heterocycles. The fourth-order valence-corrected chi connectivity index (χ4v) is 2.50. The van der Waals surface area contributed by atoms with Crippen molar-refractivity contribution in [3.63, 3.8) is 0 Å². The van der Waals surface area contributed by atoms with E-state index in [9.17, 15) is 18.5 Å². The molecule has 0 atom stereocenters. The fraction of sp³-hybridized carbons (Fsp3) is 0.0909. The van der Waals surface area contributed by atoms with Gasteiger partial charge in [0, 0.05) is 23.3 Å². The highest BCUT2D eigenvalue weighted by molar-refractivity contribution is 7.89. The van der Waals surface area contributed by atoms with Crippen molar-refractivity contribution in [3.05, 3.63) is 46.3 Å². The van der Waals surface area contributed by atoms with E-state index in [2.05, 4.69) is 10.2 Å². The van der Waals surface area contributed by atoms with Crippen LogP contribution in [0.4, 0.5) is 5.69 Å². The molecule has 1 aromatic carbocycles. The van der Waals surface area contributed by atoms with Crippen molar-refractivity contribution < 1.29 is 13.3 Å². The molecule has 0 spiro atoms. The maximum Gasteiger partial charge on any atom is 0.270 e. The van der Waals surface area contributed by atoms with E-state index in [1.54, 1.807) is 13.0 Å². The van der Waals surface area contributed by atoms with E-state index in [-0.39, 0.29) is 16.1 Å². The van der Waals surface area contributed by atoms with Crippen LogP contribution in [0, 0.1) is 17.0 Å². The standard InChI is InChI=1S/C11H10N4O4S/c1-7-4-8(6-13-14-7)10-3-2-9(15(16)17)5-11(10)20(12,18)19/h2-6H,1H3,(H2,12,18,19). The van der Waals surface area contributed by atoms with E-state index in [1.165, 1.54) is 18.3 Å². The lowest BCUT2D eigenvalue weighted by Gasteiger charge is -2.07. The average molecular weight is 294 g/mol. The second-order valence-corrected chi connectivity index (χ2v) is 5.60. The van der Waals surface area contributed by atoms with E-state index in [0.29, 0.717) is 11.3 Å². The van der Waals surface area contributed by atoms with E-state index in [1.807, 2.05) is 0 Å². The predicted molar refractivity (Wildman–Crippen MR) is 70.2 cm³/mol. The zero-order valence-electron chi connectivity index (χ0n) is 10.3. The van der Waals surface area contributed by atoms with Gasteiger partial charge in [-0.2, -0.15) is 10.2 Å². The molecular formula is C11H10N4O4S. The topological polar surface area (TPSA) is 129 Å². The first kappa shape index (κ1) is 14.0. The number of non-ortho nitro benzene ring substituents is 1. The van der Waals surface area contributed by atoms with Crippen LogP contribution in [0.15, 0.2) is 35.4 Å². The number of nitrogens with two attached hydrogens (primary N) is 1. The highest BCUT2D eigenvalue weighted by atomic mass is 32.2. The van der Waals surface area contributed by atoms with Crippen molar-refractivity contribution >= 4 is 15.7 Å². The van der Waals surface area contributed by atoms with Gasteiger partial charge >= 0.3 is 0 Å². The number of nitro benzene ring substituents is 1. The minimum Gasteiger partial charge on any atom is -0.258 e. The monoisotopic (exact) mass is 294 g/mol. The Balaban J connectivity index is 2.74. The molecule has 2 N–H and O–H groups in total. The lowest BCUT2D eigenvalue weighted by atomic mass is 10.1. The number of aromatic nitrogens is 2. The smallest absolute Gasteiger partial charge is 0.258 e. The maximum atomic E-state index is 11.6. The zero-order valence-corrected chi connectivity index (χ0v) is 11.2. The van der Waals surface area contributed by atoms with E-state index in [4.69, 9.17) is 5.14 Å². The van der Waals surface area contributed by atoms with Crippen molar-refractivity contribution in [3.8, 4) is 11.1 Å². The summed E-state index contributed by atoms with van der Waals surface area (Å²) >= 11 is 0. The molecule has 0 fully saturated rings. The molecule has 0 radical (unpaired) electrons. The van der Waals surface area contributed by atoms with Gasteiger partial charge < -0.3 is 0 Å². The molecule has 2 aromatic rings. The molecule has 104 valence electrons. The highest BCUT2D eigenvalue weighted by Crippen LogP contribution is 2.29. The Morgan fingerprint density at radius 2 is 2.00 bits per heavy atom. The number of hydrogen-bond donors (Lipinski definition) is 1. The molecule has 0 aliphatic rings. The van der Waals surface area contributed by atoms with Crippen molar-refractivity contribution in [2.75, 3.05) is 0 Å². The zero-order chi connectivity index (χ0) is 14.9. The summed E-state index contributed by atoms with van der Waals surface area (Å²) in [6, 6.07) is 5.08. The number of rotatable bonds is 3. The van der Waals surface area contributed by atoms with Crippen LogP contribution in [0.1, 0.15) is 5.69 Å².